The molecule has 2 aromatic heterocycles. The second-order valence-electron chi connectivity index (χ2n) is 4.38. The Bertz CT molecular complexity index is 532. The molecule has 0 saturated carbocycles. The van der Waals surface area contributed by atoms with Gasteiger partial charge in [0.1, 0.15) is 6.54 Å². The van der Waals surface area contributed by atoms with Gasteiger partial charge in [0.25, 0.3) is 6.43 Å². The number of halogens is 2. The van der Waals surface area contributed by atoms with E-state index in [4.69, 9.17) is 0 Å². The number of hydrogen-bond acceptors (Lipinski definition) is 3. The number of aromatic nitrogens is 4. The number of nitrogens with zero attached hydrogens (tertiary/aromatic N) is 4. The Kier molecular flexibility index (Phi) is 4.26. The molecule has 19 heavy (non-hydrogen) atoms. The zero-order valence-corrected chi connectivity index (χ0v) is 11.0. The molecule has 0 radical (unpaired) electrons. The molecule has 0 unspecified atom stereocenters. The Balaban J connectivity index is 1.90. The molecule has 0 aromatic carbocycles. The minimum atomic E-state index is -2.38. The molecule has 0 fully saturated rings. The quantitative estimate of drug-likeness (QED) is 0.864. The van der Waals surface area contributed by atoms with E-state index in [9.17, 15) is 8.78 Å². The molecule has 7 heteroatoms. The molecule has 1 N–H and O–H groups in total. The highest BCUT2D eigenvalue weighted by atomic mass is 19.3. The van der Waals surface area contributed by atoms with E-state index in [1.165, 1.54) is 4.68 Å². The normalized spacial score (nSPS) is 11.4. The third-order valence-corrected chi connectivity index (χ3v) is 3.06. The smallest absolute Gasteiger partial charge is 0.257 e. The first-order valence-electron chi connectivity index (χ1n) is 6.05. The van der Waals surface area contributed by atoms with Gasteiger partial charge >= 0.3 is 0 Å². The van der Waals surface area contributed by atoms with Crippen LogP contribution in [0, 0.1) is 6.92 Å². The van der Waals surface area contributed by atoms with Crippen LogP contribution in [0.2, 0.25) is 0 Å². The van der Waals surface area contributed by atoms with Gasteiger partial charge in [-0.1, -0.05) is 0 Å². The molecular weight excluding hydrogens is 252 g/mol. The predicted molar refractivity (Wildman–Crippen MR) is 66.7 cm³/mol. The minimum Gasteiger partial charge on any atom is -0.307 e. The van der Waals surface area contributed by atoms with Gasteiger partial charge in [0.05, 0.1) is 11.9 Å². The van der Waals surface area contributed by atoms with Gasteiger partial charge in [0.2, 0.25) is 0 Å². The number of nitrogens with one attached hydrogen (secondary N) is 1. The van der Waals surface area contributed by atoms with Crippen molar-refractivity contribution in [1.82, 2.24) is 24.9 Å². The molecular formula is C12H17F2N5. The zero-order valence-electron chi connectivity index (χ0n) is 11.0. The van der Waals surface area contributed by atoms with Gasteiger partial charge in [0.15, 0.2) is 0 Å². The van der Waals surface area contributed by atoms with Gasteiger partial charge in [-0.05, 0) is 13.0 Å². The largest absolute Gasteiger partial charge is 0.307 e. The van der Waals surface area contributed by atoms with Crippen LogP contribution >= 0.6 is 0 Å². The Morgan fingerprint density at radius 3 is 2.74 bits per heavy atom. The molecule has 0 aliphatic heterocycles. The van der Waals surface area contributed by atoms with E-state index in [0.29, 0.717) is 13.1 Å². The second kappa shape index (κ2) is 5.92. The summed E-state index contributed by atoms with van der Waals surface area (Å²) in [5.74, 6) is 0. The van der Waals surface area contributed by atoms with Crippen molar-refractivity contribution in [2.75, 3.05) is 0 Å². The van der Waals surface area contributed by atoms with Crippen LogP contribution in [0.1, 0.15) is 17.0 Å². The molecule has 0 spiro atoms. The topological polar surface area (TPSA) is 47.7 Å². The van der Waals surface area contributed by atoms with Crippen molar-refractivity contribution >= 4 is 0 Å². The monoisotopic (exact) mass is 269 g/mol. The number of rotatable bonds is 6. The molecule has 2 rings (SSSR count). The highest BCUT2D eigenvalue weighted by molar-refractivity contribution is 5.16. The Labute approximate surface area is 110 Å². The summed E-state index contributed by atoms with van der Waals surface area (Å²) in [6.07, 6.45) is 0.991. The maximum absolute atomic E-state index is 12.3. The van der Waals surface area contributed by atoms with Gasteiger partial charge in [0, 0.05) is 37.6 Å². The van der Waals surface area contributed by atoms with Crippen molar-refractivity contribution in [3.63, 3.8) is 0 Å². The second-order valence-corrected chi connectivity index (χ2v) is 4.38. The number of alkyl halides is 2. The molecule has 0 amide bonds. The average Bonchev–Trinajstić information content (AvgIpc) is 2.89. The third-order valence-electron chi connectivity index (χ3n) is 3.06. The Morgan fingerprint density at radius 2 is 2.11 bits per heavy atom. The van der Waals surface area contributed by atoms with Crippen LogP contribution in [0.5, 0.6) is 0 Å². The average molecular weight is 269 g/mol. The van der Waals surface area contributed by atoms with E-state index in [0.717, 1.165) is 17.0 Å². The molecule has 0 saturated heterocycles. The van der Waals surface area contributed by atoms with Crippen LogP contribution in [-0.2, 0) is 26.7 Å². The molecule has 2 heterocycles. The standard InChI is InChI=1S/C12H17F2N5/c1-9-10(6-17-19(9)8-12(13)14)5-15-7-11-3-4-16-18(11)2/h3-4,6,12,15H,5,7-8H2,1-2H3. The lowest BCUT2D eigenvalue weighted by Gasteiger charge is -2.06. The van der Waals surface area contributed by atoms with E-state index in [2.05, 4.69) is 15.5 Å². The van der Waals surface area contributed by atoms with E-state index in [1.807, 2.05) is 13.1 Å². The molecule has 2 aromatic rings. The van der Waals surface area contributed by atoms with Crippen LogP contribution in [0.25, 0.3) is 0 Å². The summed E-state index contributed by atoms with van der Waals surface area (Å²) in [5, 5.41) is 11.3. The highest BCUT2D eigenvalue weighted by Gasteiger charge is 2.10. The summed E-state index contributed by atoms with van der Waals surface area (Å²) in [5.41, 5.74) is 2.78. The van der Waals surface area contributed by atoms with E-state index >= 15 is 0 Å². The van der Waals surface area contributed by atoms with Crippen LogP contribution < -0.4 is 5.32 Å². The Morgan fingerprint density at radius 1 is 1.32 bits per heavy atom. The van der Waals surface area contributed by atoms with Crippen molar-refractivity contribution in [2.45, 2.75) is 33.0 Å². The summed E-state index contributed by atoms with van der Waals surface area (Å²) in [6, 6.07) is 1.93. The maximum Gasteiger partial charge on any atom is 0.257 e. The lowest BCUT2D eigenvalue weighted by molar-refractivity contribution is 0.121. The Hall–Kier alpha value is -1.76. The van der Waals surface area contributed by atoms with Crippen molar-refractivity contribution < 1.29 is 8.78 Å². The lowest BCUT2D eigenvalue weighted by atomic mass is 10.2. The summed E-state index contributed by atoms with van der Waals surface area (Å²) in [4.78, 5) is 0. The lowest BCUT2D eigenvalue weighted by Crippen LogP contribution is -2.16. The molecule has 0 aliphatic rings. The van der Waals surface area contributed by atoms with Gasteiger partial charge in [-0.2, -0.15) is 10.2 Å². The molecule has 0 bridgehead atoms. The van der Waals surface area contributed by atoms with Gasteiger partial charge in [-0.15, -0.1) is 0 Å². The highest BCUT2D eigenvalue weighted by Crippen LogP contribution is 2.09. The first kappa shape index (κ1) is 13.7. The first-order chi connectivity index (χ1) is 9.08. The van der Waals surface area contributed by atoms with E-state index in [-0.39, 0.29) is 6.54 Å². The maximum atomic E-state index is 12.3. The fourth-order valence-corrected chi connectivity index (χ4v) is 1.87. The first-order valence-corrected chi connectivity index (χ1v) is 6.05. The summed E-state index contributed by atoms with van der Waals surface area (Å²) in [6.45, 7) is 2.72. The summed E-state index contributed by atoms with van der Waals surface area (Å²) < 4.78 is 27.7. The van der Waals surface area contributed by atoms with Crippen molar-refractivity contribution in [3.8, 4) is 0 Å². The van der Waals surface area contributed by atoms with Gasteiger partial charge in [-0.3, -0.25) is 9.36 Å². The summed E-state index contributed by atoms with van der Waals surface area (Å²) in [7, 11) is 1.88. The molecule has 5 nitrogen and oxygen atoms in total. The number of hydrogen-bond donors (Lipinski definition) is 1. The van der Waals surface area contributed by atoms with Crippen molar-refractivity contribution in [1.29, 1.82) is 0 Å². The zero-order chi connectivity index (χ0) is 13.8. The van der Waals surface area contributed by atoms with Gasteiger partial charge < -0.3 is 5.32 Å². The summed E-state index contributed by atoms with van der Waals surface area (Å²) >= 11 is 0. The molecule has 0 atom stereocenters. The van der Waals surface area contributed by atoms with E-state index < -0.39 is 6.43 Å². The third kappa shape index (κ3) is 3.37. The predicted octanol–water partition coefficient (Wildman–Crippen LogP) is 1.48. The SMILES string of the molecule is Cc1c(CNCc2ccnn2C)cnn1CC(F)F. The van der Waals surface area contributed by atoms with Crippen LogP contribution in [0.3, 0.4) is 0 Å². The van der Waals surface area contributed by atoms with Crippen molar-refractivity contribution in [2.24, 2.45) is 7.05 Å². The van der Waals surface area contributed by atoms with Crippen LogP contribution in [0.4, 0.5) is 8.78 Å². The van der Waals surface area contributed by atoms with Crippen molar-refractivity contribution in [3.05, 3.63) is 35.4 Å². The van der Waals surface area contributed by atoms with Crippen LogP contribution in [-0.4, -0.2) is 26.0 Å². The fraction of sp³-hybridized carbons (Fsp3) is 0.500. The number of aryl methyl sites for hydroxylation is 1. The van der Waals surface area contributed by atoms with Gasteiger partial charge in [-0.25, -0.2) is 8.78 Å². The van der Waals surface area contributed by atoms with Crippen LogP contribution in [0.15, 0.2) is 18.5 Å². The molecule has 0 aliphatic carbocycles. The molecule has 104 valence electrons. The van der Waals surface area contributed by atoms with E-state index in [1.54, 1.807) is 24.0 Å². The minimum absolute atomic E-state index is 0.354. The fourth-order valence-electron chi connectivity index (χ4n) is 1.87.